The Bertz CT molecular complexity index is 808. The number of rotatable bonds is 5. The van der Waals surface area contributed by atoms with Gasteiger partial charge in [-0.2, -0.15) is 5.26 Å². The summed E-state index contributed by atoms with van der Waals surface area (Å²) in [7, 11) is 5.19. The second kappa shape index (κ2) is 11.2. The Morgan fingerprint density at radius 1 is 1.00 bits per heavy atom. The number of guanidine groups is 1. The normalized spacial score (nSPS) is 10.4. The summed E-state index contributed by atoms with van der Waals surface area (Å²) in [5, 5.41) is 15.3. The zero-order valence-corrected chi connectivity index (χ0v) is 18.0. The molecular weight excluding hydrogens is 453 g/mol. The van der Waals surface area contributed by atoms with Crippen LogP contribution in [0.3, 0.4) is 0 Å². The van der Waals surface area contributed by atoms with Crippen LogP contribution in [0.2, 0.25) is 0 Å². The van der Waals surface area contributed by atoms with Gasteiger partial charge < -0.3 is 15.5 Å². The van der Waals surface area contributed by atoms with Gasteiger partial charge in [-0.1, -0.05) is 24.3 Å². The van der Waals surface area contributed by atoms with E-state index in [0.29, 0.717) is 30.2 Å². The third kappa shape index (κ3) is 6.90. The van der Waals surface area contributed by atoms with Gasteiger partial charge in [-0.25, -0.2) is 0 Å². The highest BCUT2D eigenvalue weighted by molar-refractivity contribution is 14.0. The van der Waals surface area contributed by atoms with Crippen LogP contribution < -0.4 is 10.6 Å². The summed E-state index contributed by atoms with van der Waals surface area (Å²) in [5.41, 5.74) is 3.44. The second-order valence-electron chi connectivity index (χ2n) is 5.98. The van der Waals surface area contributed by atoms with Gasteiger partial charge in [0.25, 0.3) is 5.91 Å². The molecule has 0 heterocycles. The fraction of sp³-hybridized carbons (Fsp3) is 0.250. The Hall–Kier alpha value is -2.60. The van der Waals surface area contributed by atoms with Crippen molar-refractivity contribution in [3.05, 3.63) is 70.8 Å². The summed E-state index contributed by atoms with van der Waals surface area (Å²) in [4.78, 5) is 17.7. The molecule has 0 radical (unpaired) electrons. The van der Waals surface area contributed by atoms with E-state index < -0.39 is 0 Å². The molecule has 0 atom stereocenters. The molecule has 0 aliphatic heterocycles. The minimum atomic E-state index is -0.00981. The van der Waals surface area contributed by atoms with Crippen LogP contribution in [0.15, 0.2) is 53.5 Å². The quantitative estimate of drug-likeness (QED) is 0.395. The van der Waals surface area contributed by atoms with Crippen molar-refractivity contribution in [3.8, 4) is 6.07 Å². The van der Waals surface area contributed by atoms with E-state index in [-0.39, 0.29) is 29.9 Å². The molecule has 142 valence electrons. The fourth-order valence-corrected chi connectivity index (χ4v) is 2.31. The topological polar surface area (TPSA) is 80.5 Å². The second-order valence-corrected chi connectivity index (χ2v) is 5.98. The number of carbonyl (C=O) groups excluding carboxylic acids is 1. The first-order chi connectivity index (χ1) is 12.5. The summed E-state index contributed by atoms with van der Waals surface area (Å²) < 4.78 is 0. The molecular formula is C20H24IN5O. The van der Waals surface area contributed by atoms with Gasteiger partial charge in [0.1, 0.15) is 0 Å². The van der Waals surface area contributed by atoms with Crippen LogP contribution >= 0.6 is 24.0 Å². The maximum absolute atomic E-state index is 11.9. The van der Waals surface area contributed by atoms with E-state index in [1.165, 1.54) is 0 Å². The minimum Gasteiger partial charge on any atom is -0.352 e. The fourth-order valence-electron chi connectivity index (χ4n) is 2.31. The first-order valence-corrected chi connectivity index (χ1v) is 8.27. The first-order valence-electron chi connectivity index (χ1n) is 8.27. The molecule has 0 saturated heterocycles. The maximum atomic E-state index is 11.9. The average molecular weight is 477 g/mol. The van der Waals surface area contributed by atoms with Gasteiger partial charge in [0.05, 0.1) is 11.6 Å². The van der Waals surface area contributed by atoms with Crippen molar-refractivity contribution in [2.75, 3.05) is 21.1 Å². The number of nitrogens with zero attached hydrogens (tertiary/aromatic N) is 3. The lowest BCUT2D eigenvalue weighted by Crippen LogP contribution is -2.36. The molecule has 0 aliphatic carbocycles. The molecule has 0 aromatic heterocycles. The van der Waals surface area contributed by atoms with Crippen molar-refractivity contribution >= 4 is 35.8 Å². The van der Waals surface area contributed by atoms with Crippen LogP contribution in [0.1, 0.15) is 27.0 Å². The number of amides is 1. The maximum Gasteiger partial charge on any atom is 0.253 e. The van der Waals surface area contributed by atoms with Crippen LogP contribution in [-0.2, 0) is 13.1 Å². The van der Waals surface area contributed by atoms with Crippen molar-refractivity contribution in [1.82, 2.24) is 15.5 Å². The lowest BCUT2D eigenvalue weighted by atomic mass is 10.1. The van der Waals surface area contributed by atoms with Crippen LogP contribution in [-0.4, -0.2) is 37.9 Å². The molecule has 6 nitrogen and oxygen atoms in total. The molecule has 2 aromatic carbocycles. The molecule has 2 aromatic rings. The lowest BCUT2D eigenvalue weighted by Gasteiger charge is -2.13. The molecule has 0 unspecified atom stereocenters. The molecule has 1 amide bonds. The van der Waals surface area contributed by atoms with Crippen LogP contribution in [0.5, 0.6) is 0 Å². The summed E-state index contributed by atoms with van der Waals surface area (Å²) >= 11 is 0. The third-order valence-electron chi connectivity index (χ3n) is 3.83. The number of benzene rings is 2. The molecule has 27 heavy (non-hydrogen) atoms. The SMILES string of the molecule is CN=C(NCc1ccc(C#N)cc1)NCc1ccc(C(=O)N(C)C)cc1.I. The van der Waals surface area contributed by atoms with Gasteiger partial charge in [-0.05, 0) is 35.4 Å². The molecule has 0 spiro atoms. The molecule has 0 bridgehead atoms. The molecule has 0 fully saturated rings. The van der Waals surface area contributed by atoms with Gasteiger partial charge in [-0.3, -0.25) is 9.79 Å². The largest absolute Gasteiger partial charge is 0.352 e. The molecule has 7 heteroatoms. The summed E-state index contributed by atoms with van der Waals surface area (Å²) in [6.07, 6.45) is 0. The molecule has 2 rings (SSSR count). The van der Waals surface area contributed by atoms with Crippen molar-refractivity contribution in [2.45, 2.75) is 13.1 Å². The molecule has 2 N–H and O–H groups in total. The number of nitriles is 1. The van der Waals surface area contributed by atoms with Gasteiger partial charge in [0.2, 0.25) is 0 Å². The van der Waals surface area contributed by atoms with Crippen LogP contribution in [0.4, 0.5) is 0 Å². The number of carbonyl (C=O) groups is 1. The van der Waals surface area contributed by atoms with E-state index in [9.17, 15) is 4.79 Å². The smallest absolute Gasteiger partial charge is 0.253 e. The van der Waals surface area contributed by atoms with Gasteiger partial charge in [0.15, 0.2) is 5.96 Å². The van der Waals surface area contributed by atoms with Crippen molar-refractivity contribution in [1.29, 1.82) is 5.26 Å². The standard InChI is InChI=1S/C20H23N5O.HI/c1-22-20(23-13-16-6-4-15(12-21)5-7-16)24-14-17-8-10-18(11-9-17)19(26)25(2)3;/h4-11H,13-14H2,1-3H3,(H2,22,23,24);1H. The summed E-state index contributed by atoms with van der Waals surface area (Å²) in [6.45, 7) is 1.21. The van der Waals surface area contributed by atoms with E-state index in [0.717, 1.165) is 11.1 Å². The van der Waals surface area contributed by atoms with Crippen molar-refractivity contribution in [2.24, 2.45) is 4.99 Å². The number of hydrogen-bond donors (Lipinski definition) is 2. The highest BCUT2D eigenvalue weighted by atomic mass is 127. The minimum absolute atomic E-state index is 0. The van der Waals surface area contributed by atoms with Crippen molar-refractivity contribution < 1.29 is 4.79 Å². The Morgan fingerprint density at radius 2 is 1.48 bits per heavy atom. The number of aliphatic imine (C=N–C) groups is 1. The summed E-state index contributed by atoms with van der Waals surface area (Å²) in [6, 6.07) is 17.0. The number of hydrogen-bond acceptors (Lipinski definition) is 3. The van der Waals surface area contributed by atoms with E-state index in [2.05, 4.69) is 21.7 Å². The molecule has 0 saturated carbocycles. The number of nitrogens with one attached hydrogen (secondary N) is 2. The highest BCUT2D eigenvalue weighted by Gasteiger charge is 2.07. The Morgan fingerprint density at radius 3 is 1.89 bits per heavy atom. The average Bonchev–Trinajstić information content (AvgIpc) is 2.68. The monoisotopic (exact) mass is 477 g/mol. The van der Waals surface area contributed by atoms with Gasteiger partial charge >= 0.3 is 0 Å². The van der Waals surface area contributed by atoms with E-state index in [1.807, 2.05) is 36.4 Å². The lowest BCUT2D eigenvalue weighted by molar-refractivity contribution is 0.0827. The predicted molar refractivity (Wildman–Crippen MR) is 118 cm³/mol. The zero-order valence-electron chi connectivity index (χ0n) is 15.7. The number of halogens is 1. The third-order valence-corrected chi connectivity index (χ3v) is 3.83. The van der Waals surface area contributed by atoms with Gasteiger partial charge in [0, 0.05) is 39.8 Å². The highest BCUT2D eigenvalue weighted by Crippen LogP contribution is 2.06. The van der Waals surface area contributed by atoms with Gasteiger partial charge in [-0.15, -0.1) is 24.0 Å². The first kappa shape index (κ1) is 22.4. The predicted octanol–water partition coefficient (Wildman–Crippen LogP) is 2.74. The Labute approximate surface area is 177 Å². The summed E-state index contributed by atoms with van der Waals surface area (Å²) in [5.74, 6) is 0.673. The van der Waals surface area contributed by atoms with Crippen LogP contribution in [0.25, 0.3) is 0 Å². The van der Waals surface area contributed by atoms with Crippen LogP contribution in [0, 0.1) is 11.3 Å². The van der Waals surface area contributed by atoms with E-state index in [1.54, 1.807) is 38.2 Å². The Balaban J connectivity index is 0.00000364. The molecule has 0 aliphatic rings. The van der Waals surface area contributed by atoms with Crippen molar-refractivity contribution in [3.63, 3.8) is 0 Å². The zero-order chi connectivity index (χ0) is 18.9. The Kier molecular flexibility index (Phi) is 9.30. The van der Waals surface area contributed by atoms with E-state index >= 15 is 0 Å². The van der Waals surface area contributed by atoms with E-state index in [4.69, 9.17) is 5.26 Å².